The second kappa shape index (κ2) is 7.86. The van der Waals surface area contributed by atoms with Crippen LogP contribution in [0.3, 0.4) is 0 Å². The van der Waals surface area contributed by atoms with Crippen molar-refractivity contribution in [3.8, 4) is 0 Å². The monoisotopic (exact) mass is 388 g/mol. The van der Waals surface area contributed by atoms with Gasteiger partial charge in [0.15, 0.2) is 0 Å². The maximum Gasteiger partial charge on any atom is 0.460 e. The van der Waals surface area contributed by atoms with Crippen molar-refractivity contribution in [1.29, 1.82) is 0 Å². The third-order valence-electron chi connectivity index (χ3n) is 3.45. The maximum absolute atomic E-state index is 13.4. The fourth-order valence-corrected chi connectivity index (χ4v) is 1.67. The summed E-state index contributed by atoms with van der Waals surface area (Å²) in [5, 5.41) is 0. The summed E-state index contributed by atoms with van der Waals surface area (Å²) in [6.45, 7) is 5.46. The number of carbonyl (C=O) groups excluding carboxylic acids is 1. The number of rotatable bonds is 9. The zero-order valence-electron chi connectivity index (χ0n) is 13.3. The lowest BCUT2D eigenvalue weighted by Gasteiger charge is -2.34. The summed E-state index contributed by atoms with van der Waals surface area (Å²) in [6.07, 6.45) is -9.58. The highest BCUT2D eigenvalue weighted by Crippen LogP contribution is 2.54. The minimum atomic E-state index is -6.89. The molecular formula is C14H17F9O2. The normalized spacial score (nSPS) is 15.0. The van der Waals surface area contributed by atoms with Crippen LogP contribution < -0.4 is 0 Å². The molecule has 0 heterocycles. The first-order valence-electron chi connectivity index (χ1n) is 7.04. The lowest BCUT2D eigenvalue weighted by atomic mass is 9.93. The Morgan fingerprint density at radius 3 is 1.84 bits per heavy atom. The van der Waals surface area contributed by atoms with Gasteiger partial charge in [0.2, 0.25) is 0 Å². The van der Waals surface area contributed by atoms with Crippen LogP contribution in [0.4, 0.5) is 39.5 Å². The molecule has 148 valence electrons. The summed E-state index contributed by atoms with van der Waals surface area (Å²) in [5.41, 5.74) is -0.0171. The number of ether oxygens (including phenoxy) is 1. The SMILES string of the molecule is C=C(C)C(=O)OCC(CC)CCC(F)(F)C(F)(F)C(F)(F)C(F)(F)F. The van der Waals surface area contributed by atoms with E-state index in [9.17, 15) is 44.3 Å². The van der Waals surface area contributed by atoms with Crippen LogP contribution in [0.25, 0.3) is 0 Å². The van der Waals surface area contributed by atoms with Crippen molar-refractivity contribution in [1.82, 2.24) is 0 Å². The molecule has 0 aromatic rings. The minimum Gasteiger partial charge on any atom is -0.462 e. The molecule has 0 aromatic heterocycles. The van der Waals surface area contributed by atoms with Crippen molar-refractivity contribution >= 4 is 5.97 Å². The molecule has 1 unspecified atom stereocenters. The van der Waals surface area contributed by atoms with Gasteiger partial charge in [-0.25, -0.2) is 4.79 Å². The van der Waals surface area contributed by atoms with Crippen LogP contribution in [0, 0.1) is 5.92 Å². The van der Waals surface area contributed by atoms with Crippen LogP contribution in [0.15, 0.2) is 12.2 Å². The van der Waals surface area contributed by atoms with E-state index in [1.165, 1.54) is 13.8 Å². The highest BCUT2D eigenvalue weighted by molar-refractivity contribution is 5.86. The van der Waals surface area contributed by atoms with Gasteiger partial charge >= 0.3 is 29.9 Å². The fraction of sp³-hybridized carbons (Fsp3) is 0.786. The summed E-state index contributed by atoms with van der Waals surface area (Å²) in [7, 11) is 0. The number of esters is 1. The molecule has 0 bridgehead atoms. The molecule has 1 atom stereocenters. The second-order valence-corrected chi connectivity index (χ2v) is 5.54. The van der Waals surface area contributed by atoms with Crippen LogP contribution in [-0.2, 0) is 9.53 Å². The molecular weight excluding hydrogens is 371 g/mol. The lowest BCUT2D eigenvalue weighted by molar-refractivity contribution is -0.397. The summed E-state index contributed by atoms with van der Waals surface area (Å²) in [6, 6.07) is 0. The van der Waals surface area contributed by atoms with E-state index in [1.54, 1.807) is 0 Å². The number of carbonyl (C=O) groups is 1. The molecule has 2 nitrogen and oxygen atoms in total. The van der Waals surface area contributed by atoms with E-state index in [2.05, 4.69) is 11.3 Å². The van der Waals surface area contributed by atoms with Gasteiger partial charge in [0.1, 0.15) is 0 Å². The molecule has 0 aliphatic rings. The number of halogens is 9. The molecule has 0 aromatic carbocycles. The Labute approximate surface area is 138 Å². The molecule has 0 aliphatic heterocycles. The number of hydrogen-bond donors (Lipinski definition) is 0. The Balaban J connectivity index is 5.05. The zero-order valence-corrected chi connectivity index (χ0v) is 13.3. The van der Waals surface area contributed by atoms with Crippen LogP contribution >= 0.6 is 0 Å². The van der Waals surface area contributed by atoms with Gasteiger partial charge < -0.3 is 4.74 Å². The Morgan fingerprint density at radius 1 is 1.00 bits per heavy atom. The average molecular weight is 388 g/mol. The molecule has 0 rings (SSSR count). The van der Waals surface area contributed by atoms with Gasteiger partial charge in [0.05, 0.1) is 6.61 Å². The third kappa shape index (κ3) is 5.27. The van der Waals surface area contributed by atoms with Gasteiger partial charge in [-0.3, -0.25) is 0 Å². The average Bonchev–Trinajstić information content (AvgIpc) is 2.45. The van der Waals surface area contributed by atoms with Gasteiger partial charge in [-0.1, -0.05) is 19.9 Å². The topological polar surface area (TPSA) is 26.3 Å². The fourth-order valence-electron chi connectivity index (χ4n) is 1.67. The minimum absolute atomic E-state index is 0.0171. The van der Waals surface area contributed by atoms with E-state index < -0.39 is 55.3 Å². The van der Waals surface area contributed by atoms with E-state index in [1.807, 2.05) is 0 Å². The molecule has 0 spiro atoms. The standard InChI is InChI=1S/C14H17F9O2/c1-4-9(7-25-10(24)8(2)3)5-6-11(15,16)12(17,18)13(19,20)14(21,22)23/h9H,2,4-7H2,1,3H3. The molecule has 0 saturated heterocycles. The molecule has 25 heavy (non-hydrogen) atoms. The summed E-state index contributed by atoms with van der Waals surface area (Å²) in [5.74, 6) is -20.9. The van der Waals surface area contributed by atoms with E-state index >= 15 is 0 Å². The lowest BCUT2D eigenvalue weighted by Crippen LogP contribution is -2.60. The smallest absolute Gasteiger partial charge is 0.460 e. The third-order valence-corrected chi connectivity index (χ3v) is 3.45. The van der Waals surface area contributed by atoms with Gasteiger partial charge in [0, 0.05) is 12.0 Å². The van der Waals surface area contributed by atoms with Crippen molar-refractivity contribution in [3.05, 3.63) is 12.2 Å². The van der Waals surface area contributed by atoms with E-state index in [-0.39, 0.29) is 12.0 Å². The number of alkyl halides is 9. The molecule has 0 aliphatic carbocycles. The van der Waals surface area contributed by atoms with E-state index in [0.29, 0.717) is 0 Å². The van der Waals surface area contributed by atoms with Crippen LogP contribution in [0.5, 0.6) is 0 Å². The summed E-state index contributed by atoms with van der Waals surface area (Å²) >= 11 is 0. The van der Waals surface area contributed by atoms with Crippen molar-refractivity contribution in [3.63, 3.8) is 0 Å². The largest absolute Gasteiger partial charge is 0.462 e. The van der Waals surface area contributed by atoms with Crippen molar-refractivity contribution < 1.29 is 49.0 Å². The molecule has 0 saturated carbocycles. The van der Waals surface area contributed by atoms with Gasteiger partial charge in [-0.05, 0) is 19.3 Å². The van der Waals surface area contributed by atoms with Crippen LogP contribution in [0.1, 0.15) is 33.1 Å². The Hall–Kier alpha value is -1.42. The van der Waals surface area contributed by atoms with Crippen LogP contribution in [-0.4, -0.2) is 36.5 Å². The summed E-state index contributed by atoms with van der Waals surface area (Å²) in [4.78, 5) is 11.2. The van der Waals surface area contributed by atoms with Crippen molar-refractivity contribution in [2.24, 2.45) is 5.92 Å². The predicted molar refractivity (Wildman–Crippen MR) is 69.7 cm³/mol. The Bertz CT molecular complexity index is 483. The molecule has 0 radical (unpaired) electrons. The molecule has 0 N–H and O–H groups in total. The zero-order chi connectivity index (χ0) is 20.3. The van der Waals surface area contributed by atoms with E-state index in [0.717, 1.165) is 0 Å². The quantitative estimate of drug-likeness (QED) is 0.301. The number of hydrogen-bond acceptors (Lipinski definition) is 2. The Morgan fingerprint density at radius 2 is 1.48 bits per heavy atom. The summed E-state index contributed by atoms with van der Waals surface area (Å²) < 4.78 is 119. The van der Waals surface area contributed by atoms with Gasteiger partial charge in [-0.2, -0.15) is 39.5 Å². The first-order valence-corrected chi connectivity index (χ1v) is 7.04. The highest BCUT2D eigenvalue weighted by atomic mass is 19.4. The second-order valence-electron chi connectivity index (χ2n) is 5.54. The molecule has 0 fully saturated rings. The van der Waals surface area contributed by atoms with Crippen LogP contribution in [0.2, 0.25) is 0 Å². The Kier molecular flexibility index (Phi) is 7.41. The predicted octanol–water partition coefficient (Wildman–Crippen LogP) is 5.38. The molecule has 0 amide bonds. The van der Waals surface area contributed by atoms with E-state index in [4.69, 9.17) is 0 Å². The molecule has 11 heteroatoms. The van der Waals surface area contributed by atoms with Crippen molar-refractivity contribution in [2.45, 2.75) is 57.1 Å². The van der Waals surface area contributed by atoms with Gasteiger partial charge in [0.25, 0.3) is 0 Å². The highest BCUT2D eigenvalue weighted by Gasteiger charge is 2.81. The first kappa shape index (κ1) is 23.6. The van der Waals surface area contributed by atoms with Gasteiger partial charge in [-0.15, -0.1) is 0 Å². The maximum atomic E-state index is 13.4. The van der Waals surface area contributed by atoms with Crippen molar-refractivity contribution in [2.75, 3.05) is 6.61 Å². The first-order chi connectivity index (χ1) is 11.0.